The van der Waals surface area contributed by atoms with Gasteiger partial charge in [-0.1, -0.05) is 12.1 Å². The molecule has 0 aliphatic carbocycles. The molecular weight excluding hydrogens is 230 g/mol. The average Bonchev–Trinajstić information content (AvgIpc) is 2.68. The van der Waals surface area contributed by atoms with Crippen molar-refractivity contribution in [2.75, 3.05) is 0 Å². The average molecular weight is 241 g/mol. The first-order valence-corrected chi connectivity index (χ1v) is 5.82. The molecule has 0 unspecified atom stereocenters. The molecule has 3 aromatic rings. The van der Waals surface area contributed by atoms with Crippen LogP contribution in [0.3, 0.4) is 0 Å². The van der Waals surface area contributed by atoms with Crippen LogP contribution in [0, 0.1) is 4.77 Å². The standard InChI is InChI=1S/C13H11N3S/c17-13-15(9-11-5-1-3-7-14-11)10-12-6-2-4-8-16(12)13/h1-8,10H,9H2. The van der Waals surface area contributed by atoms with Crippen molar-refractivity contribution in [2.45, 2.75) is 6.54 Å². The maximum absolute atomic E-state index is 5.42. The van der Waals surface area contributed by atoms with Crippen LogP contribution in [-0.4, -0.2) is 14.0 Å². The fourth-order valence-electron chi connectivity index (χ4n) is 1.87. The van der Waals surface area contributed by atoms with Gasteiger partial charge in [-0.3, -0.25) is 9.38 Å². The summed E-state index contributed by atoms with van der Waals surface area (Å²) in [5, 5.41) is 0. The molecule has 0 spiro atoms. The molecule has 3 nitrogen and oxygen atoms in total. The maximum atomic E-state index is 5.42. The lowest BCUT2D eigenvalue weighted by Crippen LogP contribution is -2.00. The van der Waals surface area contributed by atoms with Gasteiger partial charge in [0.2, 0.25) is 0 Å². The Labute approximate surface area is 104 Å². The lowest BCUT2D eigenvalue weighted by molar-refractivity contribution is 0.753. The fourth-order valence-corrected chi connectivity index (χ4v) is 2.15. The van der Waals surface area contributed by atoms with Gasteiger partial charge in [-0.2, -0.15) is 0 Å². The predicted molar refractivity (Wildman–Crippen MR) is 69.6 cm³/mol. The largest absolute Gasteiger partial charge is 0.317 e. The van der Waals surface area contributed by atoms with E-state index in [9.17, 15) is 0 Å². The van der Waals surface area contributed by atoms with E-state index in [0.29, 0.717) is 6.54 Å². The van der Waals surface area contributed by atoms with Crippen molar-refractivity contribution in [1.29, 1.82) is 0 Å². The van der Waals surface area contributed by atoms with Crippen molar-refractivity contribution < 1.29 is 0 Å². The van der Waals surface area contributed by atoms with Crippen LogP contribution in [0.15, 0.2) is 55.0 Å². The topological polar surface area (TPSA) is 22.2 Å². The molecule has 0 aromatic carbocycles. The zero-order valence-electron chi connectivity index (χ0n) is 9.15. The molecule has 0 saturated heterocycles. The Morgan fingerprint density at radius 3 is 2.76 bits per heavy atom. The van der Waals surface area contributed by atoms with Gasteiger partial charge in [0.25, 0.3) is 0 Å². The Hall–Kier alpha value is -1.94. The van der Waals surface area contributed by atoms with Gasteiger partial charge in [-0.05, 0) is 36.5 Å². The zero-order chi connectivity index (χ0) is 11.7. The number of nitrogens with zero attached hydrogens (tertiary/aromatic N) is 3. The van der Waals surface area contributed by atoms with E-state index < -0.39 is 0 Å². The van der Waals surface area contributed by atoms with Gasteiger partial charge in [0.05, 0.1) is 17.8 Å². The quantitative estimate of drug-likeness (QED) is 0.644. The molecular formula is C13H11N3S. The molecule has 17 heavy (non-hydrogen) atoms. The first-order chi connectivity index (χ1) is 8.34. The fraction of sp³-hybridized carbons (Fsp3) is 0.0769. The molecule has 4 heteroatoms. The van der Waals surface area contributed by atoms with Crippen LogP contribution >= 0.6 is 12.2 Å². The van der Waals surface area contributed by atoms with Crippen LogP contribution < -0.4 is 0 Å². The normalized spacial score (nSPS) is 10.8. The highest BCUT2D eigenvalue weighted by atomic mass is 32.1. The number of pyridine rings is 2. The molecule has 0 fully saturated rings. The second kappa shape index (κ2) is 4.14. The predicted octanol–water partition coefficient (Wildman–Crippen LogP) is 2.91. The van der Waals surface area contributed by atoms with Gasteiger partial charge < -0.3 is 4.57 Å². The molecule has 0 saturated carbocycles. The SMILES string of the molecule is S=c1n(Cc2ccccn2)cc2ccccn12. The Kier molecular flexibility index (Phi) is 2.49. The van der Waals surface area contributed by atoms with Crippen molar-refractivity contribution >= 4 is 17.7 Å². The van der Waals surface area contributed by atoms with E-state index in [-0.39, 0.29) is 0 Å². The smallest absolute Gasteiger partial charge is 0.184 e. The Morgan fingerprint density at radius 2 is 2.00 bits per heavy atom. The number of aromatic nitrogens is 3. The first kappa shape index (κ1) is 10.2. The van der Waals surface area contributed by atoms with Crippen LogP contribution in [0.1, 0.15) is 5.69 Å². The molecule has 3 heterocycles. The second-order valence-electron chi connectivity index (χ2n) is 3.86. The third kappa shape index (κ3) is 1.87. The van der Waals surface area contributed by atoms with E-state index in [4.69, 9.17) is 12.2 Å². The van der Waals surface area contributed by atoms with Crippen LogP contribution in [0.4, 0.5) is 0 Å². The molecule has 0 aliphatic heterocycles. The zero-order valence-corrected chi connectivity index (χ0v) is 9.97. The summed E-state index contributed by atoms with van der Waals surface area (Å²) in [6.45, 7) is 0.710. The Morgan fingerprint density at radius 1 is 1.12 bits per heavy atom. The number of hydrogen-bond acceptors (Lipinski definition) is 2. The summed E-state index contributed by atoms with van der Waals surface area (Å²) in [5.41, 5.74) is 2.12. The van der Waals surface area contributed by atoms with Crippen molar-refractivity contribution in [3.63, 3.8) is 0 Å². The van der Waals surface area contributed by atoms with E-state index in [1.807, 2.05) is 51.6 Å². The van der Waals surface area contributed by atoms with Crippen molar-refractivity contribution in [3.8, 4) is 0 Å². The number of rotatable bonds is 2. The summed E-state index contributed by atoms with van der Waals surface area (Å²) in [4.78, 5) is 4.31. The van der Waals surface area contributed by atoms with Gasteiger partial charge in [-0.25, -0.2) is 0 Å². The highest BCUT2D eigenvalue weighted by Crippen LogP contribution is 2.08. The van der Waals surface area contributed by atoms with E-state index in [2.05, 4.69) is 11.2 Å². The summed E-state index contributed by atoms with van der Waals surface area (Å²) in [7, 11) is 0. The van der Waals surface area contributed by atoms with Gasteiger partial charge >= 0.3 is 0 Å². The van der Waals surface area contributed by atoms with Crippen LogP contribution in [0.2, 0.25) is 0 Å². The van der Waals surface area contributed by atoms with Gasteiger partial charge in [0, 0.05) is 18.6 Å². The lowest BCUT2D eigenvalue weighted by atomic mass is 10.3. The minimum Gasteiger partial charge on any atom is -0.317 e. The summed E-state index contributed by atoms with van der Waals surface area (Å²) in [5.74, 6) is 0. The van der Waals surface area contributed by atoms with Crippen LogP contribution in [0.5, 0.6) is 0 Å². The third-order valence-corrected chi connectivity index (χ3v) is 3.12. The molecule has 0 atom stereocenters. The Balaban J connectivity index is 2.07. The molecule has 3 aromatic heterocycles. The summed E-state index contributed by atoms with van der Waals surface area (Å²) < 4.78 is 4.83. The first-order valence-electron chi connectivity index (χ1n) is 5.41. The lowest BCUT2D eigenvalue weighted by Gasteiger charge is -2.00. The number of hydrogen-bond donors (Lipinski definition) is 0. The van der Waals surface area contributed by atoms with Crippen molar-refractivity contribution in [1.82, 2.24) is 14.0 Å². The summed E-state index contributed by atoms with van der Waals surface area (Å²) in [6.07, 6.45) is 5.83. The van der Waals surface area contributed by atoms with Crippen LogP contribution in [0.25, 0.3) is 5.52 Å². The molecule has 0 radical (unpaired) electrons. The minimum absolute atomic E-state index is 0.710. The molecule has 0 bridgehead atoms. The summed E-state index contributed by atoms with van der Waals surface area (Å²) >= 11 is 5.42. The van der Waals surface area contributed by atoms with Crippen molar-refractivity contribution in [2.24, 2.45) is 0 Å². The third-order valence-electron chi connectivity index (χ3n) is 2.69. The monoisotopic (exact) mass is 241 g/mol. The molecule has 0 N–H and O–H groups in total. The molecule has 0 amide bonds. The van der Waals surface area contributed by atoms with E-state index >= 15 is 0 Å². The van der Waals surface area contributed by atoms with E-state index in [0.717, 1.165) is 16.0 Å². The van der Waals surface area contributed by atoms with Gasteiger partial charge in [0.1, 0.15) is 0 Å². The number of fused-ring (bicyclic) bond motifs is 1. The minimum atomic E-state index is 0.710. The van der Waals surface area contributed by atoms with Crippen molar-refractivity contribution in [3.05, 3.63) is 65.5 Å². The highest BCUT2D eigenvalue weighted by Gasteiger charge is 2.01. The van der Waals surface area contributed by atoms with Gasteiger partial charge in [-0.15, -0.1) is 0 Å². The molecule has 0 aliphatic rings. The maximum Gasteiger partial charge on any atom is 0.184 e. The highest BCUT2D eigenvalue weighted by molar-refractivity contribution is 7.71. The van der Waals surface area contributed by atoms with Gasteiger partial charge in [0.15, 0.2) is 4.77 Å². The summed E-state index contributed by atoms with van der Waals surface area (Å²) in [6, 6.07) is 11.9. The van der Waals surface area contributed by atoms with Crippen LogP contribution in [-0.2, 0) is 6.54 Å². The number of imidazole rings is 1. The Bertz CT molecular complexity index is 697. The second-order valence-corrected chi connectivity index (χ2v) is 4.22. The van der Waals surface area contributed by atoms with E-state index in [1.165, 1.54) is 0 Å². The van der Waals surface area contributed by atoms with E-state index in [1.54, 1.807) is 6.20 Å². The molecule has 3 rings (SSSR count). The molecule has 84 valence electrons.